The molecule has 2 heterocycles. The van der Waals surface area contributed by atoms with Crippen LogP contribution < -0.4 is 10.6 Å². The van der Waals surface area contributed by atoms with Gasteiger partial charge in [0.05, 0.1) is 12.2 Å². The van der Waals surface area contributed by atoms with Gasteiger partial charge in [0.1, 0.15) is 5.01 Å². The van der Waals surface area contributed by atoms with Crippen LogP contribution in [-0.4, -0.2) is 42.6 Å². The predicted octanol–water partition coefficient (Wildman–Crippen LogP) is 1.97. The summed E-state index contributed by atoms with van der Waals surface area (Å²) in [5.74, 6) is 0. The SMILES string of the molecule is NCCc1csc(CN2CCN(c3ccccc3)CC2)n1. The van der Waals surface area contributed by atoms with E-state index in [-0.39, 0.29) is 0 Å². The van der Waals surface area contributed by atoms with E-state index >= 15 is 0 Å². The van der Waals surface area contributed by atoms with Crippen molar-refractivity contribution >= 4 is 17.0 Å². The molecule has 1 aromatic heterocycles. The summed E-state index contributed by atoms with van der Waals surface area (Å²) < 4.78 is 0. The molecule has 0 spiro atoms. The molecular weight excluding hydrogens is 280 g/mol. The molecule has 1 saturated heterocycles. The number of nitrogens with two attached hydrogens (primary N) is 1. The molecule has 2 N–H and O–H groups in total. The van der Waals surface area contributed by atoms with Gasteiger partial charge in [0.15, 0.2) is 0 Å². The van der Waals surface area contributed by atoms with Crippen LogP contribution in [0, 0.1) is 0 Å². The molecule has 0 bridgehead atoms. The Morgan fingerprint density at radius 1 is 1.10 bits per heavy atom. The van der Waals surface area contributed by atoms with E-state index in [2.05, 4.69) is 50.5 Å². The Morgan fingerprint density at radius 2 is 1.86 bits per heavy atom. The first-order chi connectivity index (χ1) is 10.3. The third-order valence-electron chi connectivity index (χ3n) is 3.85. The van der Waals surface area contributed by atoms with Gasteiger partial charge in [-0.25, -0.2) is 4.98 Å². The van der Waals surface area contributed by atoms with Crippen LogP contribution in [-0.2, 0) is 13.0 Å². The van der Waals surface area contributed by atoms with Crippen molar-refractivity contribution in [2.24, 2.45) is 5.73 Å². The van der Waals surface area contributed by atoms with Crippen molar-refractivity contribution < 1.29 is 0 Å². The summed E-state index contributed by atoms with van der Waals surface area (Å²) in [7, 11) is 0. The zero-order valence-corrected chi connectivity index (χ0v) is 13.1. The molecule has 1 aliphatic rings. The average molecular weight is 302 g/mol. The van der Waals surface area contributed by atoms with Gasteiger partial charge in [-0.15, -0.1) is 11.3 Å². The second kappa shape index (κ2) is 7.02. The molecule has 1 aliphatic heterocycles. The molecule has 5 heteroatoms. The van der Waals surface area contributed by atoms with Crippen molar-refractivity contribution in [1.82, 2.24) is 9.88 Å². The van der Waals surface area contributed by atoms with E-state index in [1.54, 1.807) is 11.3 Å². The van der Waals surface area contributed by atoms with Gasteiger partial charge in [0.2, 0.25) is 0 Å². The molecule has 0 aliphatic carbocycles. The summed E-state index contributed by atoms with van der Waals surface area (Å²) in [6.07, 6.45) is 0.887. The molecule has 0 unspecified atom stereocenters. The quantitative estimate of drug-likeness (QED) is 0.917. The minimum Gasteiger partial charge on any atom is -0.369 e. The molecule has 1 aromatic carbocycles. The monoisotopic (exact) mass is 302 g/mol. The number of para-hydroxylation sites is 1. The Morgan fingerprint density at radius 3 is 2.57 bits per heavy atom. The number of hydrogen-bond donors (Lipinski definition) is 1. The van der Waals surface area contributed by atoms with Crippen LogP contribution in [0.5, 0.6) is 0 Å². The number of benzene rings is 1. The van der Waals surface area contributed by atoms with Crippen LogP contribution in [0.3, 0.4) is 0 Å². The fourth-order valence-corrected chi connectivity index (χ4v) is 3.55. The lowest BCUT2D eigenvalue weighted by Crippen LogP contribution is -2.45. The smallest absolute Gasteiger partial charge is 0.107 e. The maximum absolute atomic E-state index is 5.57. The Labute approximate surface area is 130 Å². The fourth-order valence-electron chi connectivity index (χ4n) is 2.68. The summed E-state index contributed by atoms with van der Waals surface area (Å²) in [6.45, 7) is 6.02. The molecule has 1 fully saturated rings. The highest BCUT2D eigenvalue weighted by atomic mass is 32.1. The van der Waals surface area contributed by atoms with E-state index in [1.807, 2.05) is 0 Å². The minimum atomic E-state index is 0.679. The molecule has 4 nitrogen and oxygen atoms in total. The Bertz CT molecular complexity index is 546. The second-order valence-electron chi connectivity index (χ2n) is 5.37. The van der Waals surface area contributed by atoms with E-state index in [1.165, 1.54) is 10.7 Å². The topological polar surface area (TPSA) is 45.4 Å². The summed E-state index contributed by atoms with van der Waals surface area (Å²) in [4.78, 5) is 9.60. The Hall–Kier alpha value is -1.43. The number of rotatable bonds is 5. The van der Waals surface area contributed by atoms with Gasteiger partial charge in [-0.1, -0.05) is 18.2 Å². The lowest BCUT2D eigenvalue weighted by Gasteiger charge is -2.35. The van der Waals surface area contributed by atoms with Crippen LogP contribution in [0.1, 0.15) is 10.7 Å². The van der Waals surface area contributed by atoms with Crippen molar-refractivity contribution in [2.75, 3.05) is 37.6 Å². The maximum Gasteiger partial charge on any atom is 0.107 e. The predicted molar refractivity (Wildman–Crippen MR) is 88.8 cm³/mol. The normalized spacial score (nSPS) is 16.3. The lowest BCUT2D eigenvalue weighted by atomic mass is 10.2. The number of thiazole rings is 1. The zero-order chi connectivity index (χ0) is 14.5. The van der Waals surface area contributed by atoms with Gasteiger partial charge in [0, 0.05) is 43.7 Å². The average Bonchev–Trinajstić information content (AvgIpc) is 2.97. The van der Waals surface area contributed by atoms with Crippen molar-refractivity contribution in [2.45, 2.75) is 13.0 Å². The van der Waals surface area contributed by atoms with E-state index in [0.29, 0.717) is 6.54 Å². The highest BCUT2D eigenvalue weighted by Gasteiger charge is 2.18. The highest BCUT2D eigenvalue weighted by Crippen LogP contribution is 2.18. The van der Waals surface area contributed by atoms with Crippen LogP contribution in [0.2, 0.25) is 0 Å². The number of piperazine rings is 1. The summed E-state index contributed by atoms with van der Waals surface area (Å²) >= 11 is 1.76. The Balaban J connectivity index is 1.51. The van der Waals surface area contributed by atoms with Crippen molar-refractivity contribution in [3.05, 3.63) is 46.4 Å². The molecule has 0 atom stereocenters. The third-order valence-corrected chi connectivity index (χ3v) is 4.73. The molecule has 3 rings (SSSR count). The van der Waals surface area contributed by atoms with E-state index in [0.717, 1.165) is 44.8 Å². The highest BCUT2D eigenvalue weighted by molar-refractivity contribution is 7.09. The van der Waals surface area contributed by atoms with E-state index in [4.69, 9.17) is 5.73 Å². The second-order valence-corrected chi connectivity index (χ2v) is 6.31. The fraction of sp³-hybridized carbons (Fsp3) is 0.438. The van der Waals surface area contributed by atoms with Gasteiger partial charge >= 0.3 is 0 Å². The Kier molecular flexibility index (Phi) is 4.85. The summed E-state index contributed by atoms with van der Waals surface area (Å²) in [6, 6.07) is 10.7. The molecule has 21 heavy (non-hydrogen) atoms. The lowest BCUT2D eigenvalue weighted by molar-refractivity contribution is 0.249. The first-order valence-corrected chi connectivity index (χ1v) is 8.39. The van der Waals surface area contributed by atoms with Gasteiger partial charge < -0.3 is 10.6 Å². The van der Waals surface area contributed by atoms with Gasteiger partial charge in [-0.2, -0.15) is 0 Å². The third kappa shape index (κ3) is 3.81. The first kappa shape index (κ1) is 14.5. The van der Waals surface area contributed by atoms with E-state index < -0.39 is 0 Å². The number of aromatic nitrogens is 1. The molecule has 112 valence electrons. The standard InChI is InChI=1S/C16H22N4S/c17-7-6-14-13-21-16(18-14)12-19-8-10-20(11-9-19)15-4-2-1-3-5-15/h1-5,13H,6-12,17H2. The number of hydrogen-bond acceptors (Lipinski definition) is 5. The van der Waals surface area contributed by atoms with Gasteiger partial charge in [-0.3, -0.25) is 4.90 Å². The van der Waals surface area contributed by atoms with Crippen molar-refractivity contribution in [1.29, 1.82) is 0 Å². The minimum absolute atomic E-state index is 0.679. The molecule has 0 amide bonds. The summed E-state index contributed by atoms with van der Waals surface area (Å²) in [5.41, 5.74) is 8.04. The van der Waals surface area contributed by atoms with E-state index in [9.17, 15) is 0 Å². The molecule has 0 radical (unpaired) electrons. The van der Waals surface area contributed by atoms with Crippen LogP contribution in [0.4, 0.5) is 5.69 Å². The molecule has 2 aromatic rings. The molecular formula is C16H22N4S. The largest absolute Gasteiger partial charge is 0.369 e. The number of anilines is 1. The summed E-state index contributed by atoms with van der Waals surface area (Å²) in [5, 5.41) is 3.36. The number of nitrogens with zero attached hydrogens (tertiary/aromatic N) is 3. The maximum atomic E-state index is 5.57. The van der Waals surface area contributed by atoms with Crippen LogP contribution in [0.15, 0.2) is 35.7 Å². The first-order valence-electron chi connectivity index (χ1n) is 7.51. The zero-order valence-electron chi connectivity index (χ0n) is 12.2. The van der Waals surface area contributed by atoms with Crippen molar-refractivity contribution in [3.8, 4) is 0 Å². The van der Waals surface area contributed by atoms with Crippen LogP contribution >= 0.6 is 11.3 Å². The van der Waals surface area contributed by atoms with Gasteiger partial charge in [0.25, 0.3) is 0 Å². The van der Waals surface area contributed by atoms with Gasteiger partial charge in [-0.05, 0) is 18.7 Å². The molecule has 0 saturated carbocycles. The van der Waals surface area contributed by atoms with Crippen LogP contribution in [0.25, 0.3) is 0 Å². The van der Waals surface area contributed by atoms with Crippen molar-refractivity contribution in [3.63, 3.8) is 0 Å².